The molecule has 1 fully saturated rings. The molecule has 1 aromatic carbocycles. The van der Waals surface area contributed by atoms with Gasteiger partial charge in [0.05, 0.1) is 5.54 Å². The number of amides is 1. The van der Waals surface area contributed by atoms with Crippen LogP contribution in [0, 0.1) is 0 Å². The Morgan fingerprint density at radius 3 is 2.29 bits per heavy atom. The van der Waals surface area contributed by atoms with Gasteiger partial charge in [0.1, 0.15) is 0 Å². The fourth-order valence-electron chi connectivity index (χ4n) is 2.54. The van der Waals surface area contributed by atoms with Gasteiger partial charge >= 0.3 is 12.1 Å². The highest BCUT2D eigenvalue weighted by Crippen LogP contribution is 2.38. The Labute approximate surface area is 119 Å². The average molecular weight is 298 g/mol. The number of azide groups is 1. The maximum atomic E-state index is 12.4. The Balaban J connectivity index is 2.20. The Kier molecular flexibility index (Phi) is 4.09. The van der Waals surface area contributed by atoms with Gasteiger partial charge in [-0.3, -0.25) is 4.79 Å². The molecule has 21 heavy (non-hydrogen) atoms. The van der Waals surface area contributed by atoms with Crippen molar-refractivity contribution in [2.75, 3.05) is 13.1 Å². The van der Waals surface area contributed by atoms with Gasteiger partial charge in [0.2, 0.25) is 0 Å². The van der Waals surface area contributed by atoms with Crippen LogP contribution in [0.3, 0.4) is 0 Å². The molecule has 0 spiro atoms. The van der Waals surface area contributed by atoms with E-state index in [4.69, 9.17) is 5.53 Å². The number of likely N-dealkylation sites (tertiary alicyclic amines) is 1. The van der Waals surface area contributed by atoms with Gasteiger partial charge in [-0.05, 0) is 23.9 Å². The molecule has 2 rings (SSSR count). The summed E-state index contributed by atoms with van der Waals surface area (Å²) in [6.45, 7) is -0.182. The number of piperidine rings is 1. The zero-order valence-electron chi connectivity index (χ0n) is 11.0. The van der Waals surface area contributed by atoms with Gasteiger partial charge in [0, 0.05) is 18.0 Å². The molecular formula is C13H13F3N4O. The summed E-state index contributed by atoms with van der Waals surface area (Å²) >= 11 is 0. The van der Waals surface area contributed by atoms with Gasteiger partial charge in [-0.25, -0.2) is 0 Å². The van der Waals surface area contributed by atoms with E-state index in [2.05, 4.69) is 10.0 Å². The van der Waals surface area contributed by atoms with E-state index in [0.717, 1.165) is 10.5 Å². The first-order valence-corrected chi connectivity index (χ1v) is 6.37. The van der Waals surface area contributed by atoms with Crippen LogP contribution in [0.15, 0.2) is 35.4 Å². The van der Waals surface area contributed by atoms with E-state index in [1.807, 2.05) is 0 Å². The molecule has 0 atom stereocenters. The van der Waals surface area contributed by atoms with Crippen LogP contribution in [0.2, 0.25) is 0 Å². The summed E-state index contributed by atoms with van der Waals surface area (Å²) in [6.07, 6.45) is -4.53. The summed E-state index contributed by atoms with van der Waals surface area (Å²) in [6, 6.07) is 8.90. The third kappa shape index (κ3) is 3.11. The van der Waals surface area contributed by atoms with Crippen molar-refractivity contribution in [2.45, 2.75) is 24.6 Å². The minimum absolute atomic E-state index is 0.0910. The minimum Gasteiger partial charge on any atom is -0.335 e. The van der Waals surface area contributed by atoms with Crippen LogP contribution in [0.25, 0.3) is 10.4 Å². The van der Waals surface area contributed by atoms with Gasteiger partial charge in [0.15, 0.2) is 0 Å². The molecule has 1 aliphatic heterocycles. The molecule has 1 aliphatic rings. The van der Waals surface area contributed by atoms with Crippen molar-refractivity contribution in [1.82, 2.24) is 4.90 Å². The summed E-state index contributed by atoms with van der Waals surface area (Å²) in [5.74, 6) is -1.84. The van der Waals surface area contributed by atoms with Crippen LogP contribution in [0.1, 0.15) is 18.4 Å². The van der Waals surface area contributed by atoms with Crippen molar-refractivity contribution >= 4 is 5.91 Å². The number of hydrogen-bond acceptors (Lipinski definition) is 2. The molecular weight excluding hydrogens is 285 g/mol. The van der Waals surface area contributed by atoms with Gasteiger partial charge < -0.3 is 4.90 Å². The minimum atomic E-state index is -4.87. The third-order valence-electron chi connectivity index (χ3n) is 3.67. The lowest BCUT2D eigenvalue weighted by Crippen LogP contribution is -2.48. The molecule has 1 heterocycles. The SMILES string of the molecule is [N-]=[N+]=NC1(c2ccccc2)CCN(C(=O)C(F)(F)F)CC1. The van der Waals surface area contributed by atoms with E-state index in [-0.39, 0.29) is 25.9 Å². The Hall–Kier alpha value is -2.21. The number of rotatable bonds is 2. The smallest absolute Gasteiger partial charge is 0.335 e. The highest BCUT2D eigenvalue weighted by molar-refractivity contribution is 5.82. The van der Waals surface area contributed by atoms with E-state index in [0.29, 0.717) is 0 Å². The normalized spacial score (nSPS) is 18.0. The first-order valence-electron chi connectivity index (χ1n) is 6.37. The summed E-state index contributed by atoms with van der Waals surface area (Å²) in [7, 11) is 0. The van der Waals surface area contributed by atoms with Gasteiger partial charge in [0.25, 0.3) is 0 Å². The Morgan fingerprint density at radius 2 is 1.81 bits per heavy atom. The van der Waals surface area contributed by atoms with Crippen LogP contribution in [0.4, 0.5) is 13.2 Å². The zero-order chi connectivity index (χ0) is 15.5. The first-order chi connectivity index (χ1) is 9.89. The van der Waals surface area contributed by atoms with Crippen LogP contribution >= 0.6 is 0 Å². The lowest BCUT2D eigenvalue weighted by atomic mass is 9.81. The molecule has 1 saturated heterocycles. The molecule has 8 heteroatoms. The van der Waals surface area contributed by atoms with E-state index in [1.165, 1.54) is 0 Å². The predicted molar refractivity (Wildman–Crippen MR) is 69.1 cm³/mol. The molecule has 112 valence electrons. The molecule has 5 nitrogen and oxygen atoms in total. The quantitative estimate of drug-likeness (QED) is 0.469. The van der Waals surface area contributed by atoms with E-state index in [1.54, 1.807) is 30.3 Å². The molecule has 1 amide bonds. The third-order valence-corrected chi connectivity index (χ3v) is 3.67. The standard InChI is InChI=1S/C13H13F3N4O/c14-13(15,16)11(21)20-8-6-12(7-9-20,18-19-17)10-4-2-1-3-5-10/h1-5H,6-9H2. The van der Waals surface area contributed by atoms with E-state index in [9.17, 15) is 18.0 Å². The average Bonchev–Trinajstić information content (AvgIpc) is 2.47. The second kappa shape index (κ2) is 5.65. The molecule has 1 aromatic rings. The Bertz CT molecular complexity index is 559. The summed E-state index contributed by atoms with van der Waals surface area (Å²) < 4.78 is 37.3. The van der Waals surface area contributed by atoms with Crippen molar-refractivity contribution in [3.63, 3.8) is 0 Å². The molecule has 0 aromatic heterocycles. The molecule has 0 N–H and O–H groups in total. The number of carbonyl (C=O) groups excluding carboxylic acids is 1. The maximum absolute atomic E-state index is 12.4. The number of nitrogens with zero attached hydrogens (tertiary/aromatic N) is 4. The second-order valence-corrected chi connectivity index (χ2v) is 4.88. The van der Waals surface area contributed by atoms with E-state index >= 15 is 0 Å². The Morgan fingerprint density at radius 1 is 1.24 bits per heavy atom. The fourth-order valence-corrected chi connectivity index (χ4v) is 2.54. The van der Waals surface area contributed by atoms with Crippen molar-refractivity contribution < 1.29 is 18.0 Å². The van der Waals surface area contributed by atoms with Crippen LogP contribution in [0.5, 0.6) is 0 Å². The molecule has 0 aliphatic carbocycles. The van der Waals surface area contributed by atoms with Crippen molar-refractivity contribution in [2.24, 2.45) is 5.11 Å². The predicted octanol–water partition coefficient (Wildman–Crippen LogP) is 3.38. The van der Waals surface area contributed by atoms with Crippen LogP contribution in [-0.2, 0) is 10.3 Å². The van der Waals surface area contributed by atoms with E-state index < -0.39 is 17.6 Å². The molecule has 0 saturated carbocycles. The number of alkyl halides is 3. The second-order valence-electron chi connectivity index (χ2n) is 4.88. The van der Waals surface area contributed by atoms with Crippen LogP contribution in [-0.4, -0.2) is 30.1 Å². The fraction of sp³-hybridized carbons (Fsp3) is 0.462. The maximum Gasteiger partial charge on any atom is 0.471 e. The lowest BCUT2D eigenvalue weighted by molar-refractivity contribution is -0.186. The summed E-state index contributed by atoms with van der Waals surface area (Å²) in [5.41, 5.74) is 8.61. The largest absolute Gasteiger partial charge is 0.471 e. The number of benzene rings is 1. The number of halogens is 3. The van der Waals surface area contributed by atoms with Gasteiger partial charge in [-0.15, -0.1) is 0 Å². The highest BCUT2D eigenvalue weighted by Gasteiger charge is 2.45. The molecule has 0 radical (unpaired) electrons. The monoisotopic (exact) mass is 298 g/mol. The zero-order valence-corrected chi connectivity index (χ0v) is 11.0. The van der Waals surface area contributed by atoms with Crippen molar-refractivity contribution in [3.8, 4) is 0 Å². The van der Waals surface area contributed by atoms with Crippen LogP contribution < -0.4 is 0 Å². The summed E-state index contributed by atoms with van der Waals surface area (Å²) in [5, 5.41) is 3.80. The summed E-state index contributed by atoms with van der Waals surface area (Å²) in [4.78, 5) is 14.8. The first kappa shape index (κ1) is 15.2. The van der Waals surface area contributed by atoms with Crippen molar-refractivity contribution in [1.29, 1.82) is 0 Å². The molecule has 0 bridgehead atoms. The van der Waals surface area contributed by atoms with Crippen molar-refractivity contribution in [3.05, 3.63) is 46.3 Å². The van der Waals surface area contributed by atoms with Gasteiger partial charge in [-0.2, -0.15) is 13.2 Å². The van der Waals surface area contributed by atoms with Gasteiger partial charge in [-0.1, -0.05) is 35.4 Å². The lowest BCUT2D eigenvalue weighted by Gasteiger charge is -2.39. The molecule has 0 unspecified atom stereocenters. The highest BCUT2D eigenvalue weighted by atomic mass is 19.4. The number of hydrogen-bond donors (Lipinski definition) is 0. The number of carbonyl (C=O) groups is 1. The topological polar surface area (TPSA) is 69.1 Å².